The number of hydrogen-bond acceptors (Lipinski definition) is 4. The van der Waals surface area contributed by atoms with E-state index in [0.29, 0.717) is 17.1 Å². The van der Waals surface area contributed by atoms with Crippen molar-refractivity contribution in [3.05, 3.63) is 106 Å². The molecule has 0 spiro atoms. The first-order valence-corrected chi connectivity index (χ1v) is 12.4. The molecular formula is C26H26N4O4S. The van der Waals surface area contributed by atoms with Crippen molar-refractivity contribution in [1.82, 2.24) is 9.36 Å². The first-order valence-electron chi connectivity index (χ1n) is 10.9. The molecular weight excluding hydrogens is 464 g/mol. The Kier molecular flexibility index (Phi) is 6.36. The lowest BCUT2D eigenvalue weighted by molar-refractivity contribution is 0.102. The van der Waals surface area contributed by atoms with E-state index in [1.54, 1.807) is 49.0 Å². The fourth-order valence-corrected chi connectivity index (χ4v) is 4.93. The summed E-state index contributed by atoms with van der Waals surface area (Å²) in [6.07, 6.45) is 0. The Hall–Kier alpha value is -4.11. The zero-order chi connectivity index (χ0) is 25.3. The smallest absolute Gasteiger partial charge is 0.296 e. The Labute approximate surface area is 203 Å². The van der Waals surface area contributed by atoms with Gasteiger partial charge < -0.3 is 5.32 Å². The van der Waals surface area contributed by atoms with Gasteiger partial charge in [-0.15, -0.1) is 0 Å². The topological polar surface area (TPSA) is 102 Å². The van der Waals surface area contributed by atoms with Gasteiger partial charge in [-0.3, -0.25) is 19.0 Å². The van der Waals surface area contributed by atoms with Gasteiger partial charge in [0, 0.05) is 18.3 Å². The first-order chi connectivity index (χ1) is 16.6. The molecule has 0 atom stereocenters. The number of hydrogen-bond donors (Lipinski definition) is 2. The predicted octanol–water partition coefficient (Wildman–Crippen LogP) is 4.15. The molecule has 4 aromatic rings. The predicted molar refractivity (Wildman–Crippen MR) is 137 cm³/mol. The van der Waals surface area contributed by atoms with Gasteiger partial charge >= 0.3 is 0 Å². The quantitative estimate of drug-likeness (QED) is 0.424. The molecule has 180 valence electrons. The Morgan fingerprint density at radius 3 is 2.29 bits per heavy atom. The molecule has 9 heteroatoms. The number of nitrogens with zero attached hydrogens (tertiary/aromatic N) is 2. The Morgan fingerprint density at radius 1 is 0.886 bits per heavy atom. The van der Waals surface area contributed by atoms with Crippen LogP contribution in [0.15, 0.2) is 82.5 Å². The molecule has 1 aromatic heterocycles. The maximum absolute atomic E-state index is 13.2. The number of anilines is 2. The van der Waals surface area contributed by atoms with Gasteiger partial charge in [-0.25, -0.2) is 13.1 Å². The van der Waals surface area contributed by atoms with Crippen LogP contribution in [0.1, 0.15) is 27.2 Å². The average Bonchev–Trinajstić information content (AvgIpc) is 3.05. The first kappa shape index (κ1) is 24.0. The molecule has 0 saturated heterocycles. The highest BCUT2D eigenvalue weighted by atomic mass is 32.2. The highest BCUT2D eigenvalue weighted by molar-refractivity contribution is 7.92. The minimum Gasteiger partial charge on any atom is -0.322 e. The summed E-state index contributed by atoms with van der Waals surface area (Å²) in [5.41, 5.74) is 3.31. The Balaban J connectivity index is 1.65. The van der Waals surface area contributed by atoms with E-state index in [1.807, 2.05) is 32.0 Å². The third-order valence-electron chi connectivity index (χ3n) is 6.05. The van der Waals surface area contributed by atoms with Gasteiger partial charge in [-0.05, 0) is 68.3 Å². The molecule has 0 fully saturated rings. The van der Waals surface area contributed by atoms with Crippen LogP contribution in [0.3, 0.4) is 0 Å². The molecule has 8 nitrogen and oxygen atoms in total. The summed E-state index contributed by atoms with van der Waals surface area (Å²) in [5, 5.41) is 2.83. The Bertz CT molecular complexity index is 1590. The SMILES string of the molecule is Cc1cccc(NC(=O)c2cccc(S(=O)(=O)Nc3c(C)n(C)n(-c4ccccc4)c3=O)c2)c1C. The van der Waals surface area contributed by atoms with Crippen molar-refractivity contribution in [1.29, 1.82) is 0 Å². The molecule has 35 heavy (non-hydrogen) atoms. The van der Waals surface area contributed by atoms with E-state index in [9.17, 15) is 18.0 Å². The highest BCUT2D eigenvalue weighted by Crippen LogP contribution is 2.22. The lowest BCUT2D eigenvalue weighted by Gasteiger charge is -2.11. The van der Waals surface area contributed by atoms with Gasteiger partial charge in [0.05, 0.1) is 16.3 Å². The van der Waals surface area contributed by atoms with Crippen molar-refractivity contribution in [2.24, 2.45) is 7.05 Å². The van der Waals surface area contributed by atoms with Crippen LogP contribution in [0.2, 0.25) is 0 Å². The zero-order valence-electron chi connectivity index (χ0n) is 19.9. The van der Waals surface area contributed by atoms with Crippen LogP contribution in [0.4, 0.5) is 11.4 Å². The zero-order valence-corrected chi connectivity index (χ0v) is 20.7. The van der Waals surface area contributed by atoms with Gasteiger partial charge in [0.1, 0.15) is 5.69 Å². The number of aryl methyl sites for hydroxylation is 1. The second-order valence-corrected chi connectivity index (χ2v) is 9.95. The summed E-state index contributed by atoms with van der Waals surface area (Å²) in [6, 6.07) is 20.2. The number of amides is 1. The van der Waals surface area contributed by atoms with E-state index in [1.165, 1.54) is 28.9 Å². The normalized spacial score (nSPS) is 11.3. The van der Waals surface area contributed by atoms with Gasteiger partial charge in [0.25, 0.3) is 21.5 Å². The number of rotatable bonds is 6. The van der Waals surface area contributed by atoms with Crippen molar-refractivity contribution in [2.75, 3.05) is 10.0 Å². The van der Waals surface area contributed by atoms with Crippen molar-refractivity contribution < 1.29 is 13.2 Å². The van der Waals surface area contributed by atoms with Gasteiger partial charge in [0.15, 0.2) is 0 Å². The van der Waals surface area contributed by atoms with Crippen LogP contribution >= 0.6 is 0 Å². The molecule has 0 aliphatic carbocycles. The third kappa shape index (κ3) is 4.63. The lowest BCUT2D eigenvalue weighted by atomic mass is 10.1. The van der Waals surface area contributed by atoms with E-state index in [-0.39, 0.29) is 16.1 Å². The van der Waals surface area contributed by atoms with Gasteiger partial charge in [0.2, 0.25) is 0 Å². The van der Waals surface area contributed by atoms with E-state index in [2.05, 4.69) is 10.0 Å². The third-order valence-corrected chi connectivity index (χ3v) is 7.40. The number of benzene rings is 3. The molecule has 3 aromatic carbocycles. The van der Waals surface area contributed by atoms with Crippen LogP contribution in [0, 0.1) is 20.8 Å². The summed E-state index contributed by atoms with van der Waals surface area (Å²) < 4.78 is 31.8. The molecule has 0 unspecified atom stereocenters. The summed E-state index contributed by atoms with van der Waals surface area (Å²) in [4.78, 5) is 25.8. The minimum absolute atomic E-state index is 0.0541. The van der Waals surface area contributed by atoms with Crippen molar-refractivity contribution >= 4 is 27.3 Å². The maximum atomic E-state index is 13.2. The maximum Gasteiger partial charge on any atom is 0.296 e. The van der Waals surface area contributed by atoms with Crippen LogP contribution in [0.5, 0.6) is 0 Å². The number of sulfonamides is 1. The highest BCUT2D eigenvalue weighted by Gasteiger charge is 2.23. The number of carbonyl (C=O) groups is 1. The summed E-state index contributed by atoms with van der Waals surface area (Å²) in [6.45, 7) is 5.51. The van der Waals surface area contributed by atoms with Crippen LogP contribution in [-0.4, -0.2) is 23.7 Å². The molecule has 1 heterocycles. The number of nitrogens with one attached hydrogen (secondary N) is 2. The van der Waals surface area contributed by atoms with E-state index >= 15 is 0 Å². The van der Waals surface area contributed by atoms with E-state index < -0.39 is 21.5 Å². The van der Waals surface area contributed by atoms with Crippen molar-refractivity contribution in [3.8, 4) is 5.69 Å². The van der Waals surface area contributed by atoms with Gasteiger partial charge in [-0.2, -0.15) is 0 Å². The fraction of sp³-hybridized carbons (Fsp3) is 0.154. The van der Waals surface area contributed by atoms with Crippen molar-refractivity contribution in [2.45, 2.75) is 25.7 Å². The molecule has 2 N–H and O–H groups in total. The second-order valence-electron chi connectivity index (χ2n) is 8.27. The van der Waals surface area contributed by atoms with Crippen LogP contribution < -0.4 is 15.6 Å². The van der Waals surface area contributed by atoms with Crippen molar-refractivity contribution in [3.63, 3.8) is 0 Å². The van der Waals surface area contributed by atoms with Crippen LogP contribution in [-0.2, 0) is 17.1 Å². The summed E-state index contributed by atoms with van der Waals surface area (Å²) in [7, 11) is -2.46. The van der Waals surface area contributed by atoms with E-state index in [4.69, 9.17) is 0 Å². The molecule has 4 rings (SSSR count). The average molecular weight is 491 g/mol. The van der Waals surface area contributed by atoms with Crippen LogP contribution in [0.25, 0.3) is 5.69 Å². The summed E-state index contributed by atoms with van der Waals surface area (Å²) >= 11 is 0. The van der Waals surface area contributed by atoms with Gasteiger partial charge in [-0.1, -0.05) is 36.4 Å². The standard InChI is InChI=1S/C26H26N4O4S/c1-17-10-8-15-23(18(17)2)27-25(31)20-11-9-14-22(16-20)35(33,34)28-24-19(3)29(4)30(26(24)32)21-12-6-5-7-13-21/h5-16,28H,1-4H3,(H,27,31). The number of aromatic nitrogens is 2. The molecule has 0 bridgehead atoms. The lowest BCUT2D eigenvalue weighted by Crippen LogP contribution is -2.23. The molecule has 0 radical (unpaired) electrons. The number of carbonyl (C=O) groups excluding carboxylic acids is 1. The molecule has 0 aliphatic heterocycles. The monoisotopic (exact) mass is 490 g/mol. The molecule has 1 amide bonds. The fourth-order valence-electron chi connectivity index (χ4n) is 3.76. The summed E-state index contributed by atoms with van der Waals surface area (Å²) in [5.74, 6) is -0.432. The largest absolute Gasteiger partial charge is 0.322 e. The second kappa shape index (κ2) is 9.27. The molecule has 0 saturated carbocycles. The van der Waals surface area contributed by atoms with E-state index in [0.717, 1.165) is 11.1 Å². The number of para-hydroxylation sites is 1. The molecule has 0 aliphatic rings. The Morgan fingerprint density at radius 2 is 1.57 bits per heavy atom. The minimum atomic E-state index is -4.14.